The van der Waals surface area contributed by atoms with E-state index < -0.39 is 5.82 Å². The molecule has 19 heavy (non-hydrogen) atoms. The highest BCUT2D eigenvalue weighted by molar-refractivity contribution is 9.10. The van der Waals surface area contributed by atoms with Crippen LogP contribution in [0.1, 0.15) is 23.7 Å². The van der Waals surface area contributed by atoms with E-state index in [2.05, 4.69) is 21.2 Å². The lowest BCUT2D eigenvalue weighted by Crippen LogP contribution is -2.38. The van der Waals surface area contributed by atoms with Gasteiger partial charge in [-0.15, -0.1) is 0 Å². The number of hydrogen-bond acceptors (Lipinski definition) is 3. The van der Waals surface area contributed by atoms with Gasteiger partial charge in [0, 0.05) is 23.0 Å². The standard InChI is InChI=1S/C13H16BrFN2O2/c1-7(8-2-3-19-6-8)17-13(18)9-4-12(16)11(15)5-10(9)14/h4-5,7-8H,2-3,6,16H2,1H3,(H,17,18). The van der Waals surface area contributed by atoms with Crippen molar-refractivity contribution in [3.05, 3.63) is 28.0 Å². The Bertz CT molecular complexity index is 490. The molecule has 0 radical (unpaired) electrons. The monoisotopic (exact) mass is 330 g/mol. The van der Waals surface area contributed by atoms with Crippen molar-refractivity contribution in [1.82, 2.24) is 5.32 Å². The van der Waals surface area contributed by atoms with E-state index in [1.807, 2.05) is 6.92 Å². The maximum Gasteiger partial charge on any atom is 0.252 e. The van der Waals surface area contributed by atoms with Gasteiger partial charge in [0.1, 0.15) is 5.82 Å². The number of halogens is 2. The van der Waals surface area contributed by atoms with Crippen molar-refractivity contribution in [2.75, 3.05) is 18.9 Å². The van der Waals surface area contributed by atoms with Crippen LogP contribution >= 0.6 is 15.9 Å². The number of hydrogen-bond donors (Lipinski definition) is 2. The zero-order valence-electron chi connectivity index (χ0n) is 10.6. The van der Waals surface area contributed by atoms with E-state index in [9.17, 15) is 9.18 Å². The second-order valence-corrected chi connectivity index (χ2v) is 5.59. The number of anilines is 1. The van der Waals surface area contributed by atoms with Gasteiger partial charge in [0.2, 0.25) is 0 Å². The molecule has 104 valence electrons. The average Bonchev–Trinajstić information content (AvgIpc) is 2.87. The van der Waals surface area contributed by atoms with Gasteiger partial charge in [-0.1, -0.05) is 0 Å². The number of rotatable bonds is 3. The maximum atomic E-state index is 13.2. The molecule has 1 amide bonds. The number of benzene rings is 1. The van der Waals surface area contributed by atoms with Gasteiger partial charge in [0.25, 0.3) is 5.91 Å². The summed E-state index contributed by atoms with van der Waals surface area (Å²) in [5, 5.41) is 2.90. The van der Waals surface area contributed by atoms with Crippen molar-refractivity contribution in [2.24, 2.45) is 5.92 Å². The Hall–Kier alpha value is -1.14. The third-order valence-electron chi connectivity index (χ3n) is 3.36. The van der Waals surface area contributed by atoms with E-state index in [4.69, 9.17) is 10.5 Å². The molecule has 1 aromatic carbocycles. The van der Waals surface area contributed by atoms with Crippen molar-refractivity contribution in [2.45, 2.75) is 19.4 Å². The quantitative estimate of drug-likeness (QED) is 0.836. The van der Waals surface area contributed by atoms with Crippen LogP contribution in [-0.4, -0.2) is 25.2 Å². The molecule has 1 heterocycles. The molecule has 1 aromatic rings. The second-order valence-electron chi connectivity index (χ2n) is 4.74. The van der Waals surface area contributed by atoms with E-state index in [0.717, 1.165) is 13.0 Å². The van der Waals surface area contributed by atoms with Crippen LogP contribution in [-0.2, 0) is 4.74 Å². The van der Waals surface area contributed by atoms with Crippen molar-refractivity contribution in [3.8, 4) is 0 Å². The fourth-order valence-electron chi connectivity index (χ4n) is 2.09. The molecule has 6 heteroatoms. The lowest BCUT2D eigenvalue weighted by molar-refractivity contribution is 0.0921. The molecule has 0 aliphatic carbocycles. The first-order valence-electron chi connectivity index (χ1n) is 6.12. The molecule has 3 N–H and O–H groups in total. The Morgan fingerprint density at radius 2 is 2.37 bits per heavy atom. The number of nitrogens with two attached hydrogens (primary N) is 1. The van der Waals surface area contributed by atoms with Crippen LogP contribution in [0.25, 0.3) is 0 Å². The molecule has 4 nitrogen and oxygen atoms in total. The summed E-state index contributed by atoms with van der Waals surface area (Å²) in [7, 11) is 0. The number of carbonyl (C=O) groups excluding carboxylic acids is 1. The third kappa shape index (κ3) is 3.25. The third-order valence-corrected chi connectivity index (χ3v) is 4.02. The van der Waals surface area contributed by atoms with Crippen molar-refractivity contribution < 1.29 is 13.9 Å². The topological polar surface area (TPSA) is 64.4 Å². The molecule has 1 aliphatic rings. The molecule has 0 bridgehead atoms. The summed E-state index contributed by atoms with van der Waals surface area (Å²) < 4.78 is 18.9. The van der Waals surface area contributed by atoms with E-state index in [0.29, 0.717) is 22.6 Å². The van der Waals surface area contributed by atoms with Crippen LogP contribution < -0.4 is 11.1 Å². The summed E-state index contributed by atoms with van der Waals surface area (Å²) in [4.78, 5) is 12.1. The molecule has 1 fully saturated rings. The zero-order valence-corrected chi connectivity index (χ0v) is 12.2. The molecule has 0 spiro atoms. The summed E-state index contributed by atoms with van der Waals surface area (Å²) in [6, 6.07) is 2.55. The Kier molecular flexibility index (Phi) is 4.42. The van der Waals surface area contributed by atoms with Gasteiger partial charge in [0.15, 0.2) is 0 Å². The number of amides is 1. The summed E-state index contributed by atoms with van der Waals surface area (Å²) in [6.07, 6.45) is 0.939. The zero-order chi connectivity index (χ0) is 14.0. The van der Waals surface area contributed by atoms with E-state index in [1.54, 1.807) is 0 Å². The Labute approximate surface area is 119 Å². The first-order valence-corrected chi connectivity index (χ1v) is 6.91. The van der Waals surface area contributed by atoms with Crippen molar-refractivity contribution in [3.63, 3.8) is 0 Å². The van der Waals surface area contributed by atoms with Gasteiger partial charge in [-0.25, -0.2) is 4.39 Å². The van der Waals surface area contributed by atoms with Crippen LogP contribution in [0.15, 0.2) is 16.6 Å². The van der Waals surface area contributed by atoms with Gasteiger partial charge < -0.3 is 15.8 Å². The number of carbonyl (C=O) groups is 1. The van der Waals surface area contributed by atoms with Gasteiger partial charge >= 0.3 is 0 Å². The van der Waals surface area contributed by atoms with Gasteiger partial charge in [-0.3, -0.25) is 4.79 Å². The first kappa shape index (κ1) is 14.3. The molecule has 0 saturated carbocycles. The SMILES string of the molecule is CC(NC(=O)c1cc(N)c(F)cc1Br)C1CCOC1. The van der Waals surface area contributed by atoms with Crippen LogP contribution in [0, 0.1) is 11.7 Å². The minimum Gasteiger partial charge on any atom is -0.396 e. The predicted molar refractivity (Wildman–Crippen MR) is 74.4 cm³/mol. The Morgan fingerprint density at radius 1 is 1.63 bits per heavy atom. The molecule has 0 aromatic heterocycles. The molecule has 2 rings (SSSR count). The predicted octanol–water partition coefficient (Wildman–Crippen LogP) is 2.33. The number of ether oxygens (including phenoxy) is 1. The molecule has 2 unspecified atom stereocenters. The lowest BCUT2D eigenvalue weighted by Gasteiger charge is -2.19. The minimum absolute atomic E-state index is 0.00757. The molecule has 1 saturated heterocycles. The summed E-state index contributed by atoms with van der Waals surface area (Å²) >= 11 is 3.17. The number of nitrogens with one attached hydrogen (secondary N) is 1. The van der Waals surface area contributed by atoms with Gasteiger partial charge in [-0.05, 0) is 41.4 Å². The summed E-state index contributed by atoms with van der Waals surface area (Å²) in [5.41, 5.74) is 5.79. The largest absolute Gasteiger partial charge is 0.396 e. The molecular formula is C13H16BrFN2O2. The van der Waals surface area contributed by atoms with Crippen molar-refractivity contribution in [1.29, 1.82) is 0 Å². The first-order chi connectivity index (χ1) is 8.99. The molecule has 1 aliphatic heterocycles. The fourth-order valence-corrected chi connectivity index (χ4v) is 2.58. The lowest BCUT2D eigenvalue weighted by atomic mass is 10.0. The average molecular weight is 331 g/mol. The Morgan fingerprint density at radius 3 is 3.00 bits per heavy atom. The maximum absolute atomic E-state index is 13.2. The highest BCUT2D eigenvalue weighted by Crippen LogP contribution is 2.23. The fraction of sp³-hybridized carbons (Fsp3) is 0.462. The summed E-state index contributed by atoms with van der Waals surface area (Å²) in [5.74, 6) is -0.487. The van der Waals surface area contributed by atoms with Gasteiger partial charge in [0.05, 0.1) is 17.9 Å². The number of nitrogen functional groups attached to an aromatic ring is 1. The molecule has 2 atom stereocenters. The normalized spacial score (nSPS) is 20.3. The second kappa shape index (κ2) is 5.88. The van der Waals surface area contributed by atoms with E-state index >= 15 is 0 Å². The molecular weight excluding hydrogens is 315 g/mol. The van der Waals surface area contributed by atoms with E-state index in [-0.39, 0.29) is 17.6 Å². The van der Waals surface area contributed by atoms with Crippen LogP contribution in [0.2, 0.25) is 0 Å². The smallest absolute Gasteiger partial charge is 0.252 e. The highest BCUT2D eigenvalue weighted by atomic mass is 79.9. The highest BCUT2D eigenvalue weighted by Gasteiger charge is 2.24. The van der Waals surface area contributed by atoms with Gasteiger partial charge in [-0.2, -0.15) is 0 Å². The van der Waals surface area contributed by atoms with Crippen LogP contribution in [0.5, 0.6) is 0 Å². The van der Waals surface area contributed by atoms with Crippen LogP contribution in [0.4, 0.5) is 10.1 Å². The van der Waals surface area contributed by atoms with E-state index in [1.165, 1.54) is 12.1 Å². The van der Waals surface area contributed by atoms with Crippen LogP contribution in [0.3, 0.4) is 0 Å². The summed E-state index contributed by atoms with van der Waals surface area (Å²) in [6.45, 7) is 3.34. The minimum atomic E-state index is -0.541. The van der Waals surface area contributed by atoms with Crippen molar-refractivity contribution >= 4 is 27.5 Å². The Balaban J connectivity index is 2.09.